The van der Waals surface area contributed by atoms with Crippen molar-refractivity contribution in [3.05, 3.63) is 0 Å². The fourth-order valence-corrected chi connectivity index (χ4v) is 9.29. The van der Waals surface area contributed by atoms with E-state index in [1.165, 1.54) is 9.80 Å². The highest BCUT2D eigenvalue weighted by Crippen LogP contribution is 2.54. The Balaban J connectivity index is 1.12. The molecule has 6 rings (SSSR count). The van der Waals surface area contributed by atoms with Gasteiger partial charge in [-0.1, -0.05) is 63.7 Å². The molecule has 8 nitrogen and oxygen atoms in total. The maximum absolute atomic E-state index is 12.9. The molecular formula is C19H18Br4N2O6. The average molecular weight is 690 g/mol. The van der Waals surface area contributed by atoms with Crippen molar-refractivity contribution < 1.29 is 28.7 Å². The highest BCUT2D eigenvalue weighted by Gasteiger charge is 2.69. The zero-order chi connectivity index (χ0) is 21.9. The molecule has 0 radical (unpaired) electrons. The van der Waals surface area contributed by atoms with Crippen LogP contribution in [0.2, 0.25) is 0 Å². The number of rotatable bonds is 4. The van der Waals surface area contributed by atoms with Gasteiger partial charge in [0.05, 0.1) is 67.4 Å². The molecule has 168 valence electrons. The molecule has 6 aliphatic heterocycles. The van der Waals surface area contributed by atoms with Gasteiger partial charge in [0.15, 0.2) is 0 Å². The minimum Gasteiger partial charge on any atom is -0.371 e. The van der Waals surface area contributed by atoms with Gasteiger partial charge >= 0.3 is 0 Å². The molecule has 6 saturated heterocycles. The molecule has 0 aromatic heterocycles. The molecule has 0 saturated carbocycles. The molecule has 0 aromatic carbocycles. The second-order valence-electron chi connectivity index (χ2n) is 9.02. The summed E-state index contributed by atoms with van der Waals surface area (Å²) in [5, 5.41) is 0. The van der Waals surface area contributed by atoms with E-state index in [0.29, 0.717) is 6.42 Å². The molecule has 4 amide bonds. The highest BCUT2D eigenvalue weighted by molar-refractivity contribution is 9.12. The molecule has 0 spiro atoms. The van der Waals surface area contributed by atoms with E-state index in [-0.39, 0.29) is 80.4 Å². The molecule has 0 aromatic rings. The van der Waals surface area contributed by atoms with Gasteiger partial charge in [0.25, 0.3) is 0 Å². The number of fused-ring (bicyclic) bond motifs is 10. The van der Waals surface area contributed by atoms with E-state index in [9.17, 15) is 19.2 Å². The molecule has 4 bridgehead atoms. The lowest BCUT2D eigenvalue weighted by Gasteiger charge is -2.24. The summed E-state index contributed by atoms with van der Waals surface area (Å²) in [6, 6.07) is 0. The second kappa shape index (κ2) is 7.31. The van der Waals surface area contributed by atoms with Crippen LogP contribution < -0.4 is 0 Å². The molecule has 31 heavy (non-hydrogen) atoms. The maximum Gasteiger partial charge on any atom is 0.235 e. The number of imide groups is 2. The first-order valence-electron chi connectivity index (χ1n) is 10.3. The number of hydrogen-bond donors (Lipinski definition) is 0. The Morgan fingerprint density at radius 1 is 0.548 bits per heavy atom. The number of nitrogens with zero attached hydrogens (tertiary/aromatic N) is 2. The van der Waals surface area contributed by atoms with Gasteiger partial charge in [0.2, 0.25) is 23.6 Å². The molecule has 6 aliphatic rings. The molecule has 0 N–H and O–H groups in total. The van der Waals surface area contributed by atoms with Crippen LogP contribution in [0.5, 0.6) is 0 Å². The fraction of sp³-hybridized carbons (Fsp3) is 0.789. The fourth-order valence-electron chi connectivity index (χ4n) is 6.28. The Hall–Kier alpha value is 0.120. The zero-order valence-corrected chi connectivity index (χ0v) is 22.2. The third-order valence-electron chi connectivity index (χ3n) is 7.65. The summed E-state index contributed by atoms with van der Waals surface area (Å²) in [4.78, 5) is 54.3. The van der Waals surface area contributed by atoms with Crippen molar-refractivity contribution in [1.29, 1.82) is 0 Å². The van der Waals surface area contributed by atoms with Crippen LogP contribution in [-0.4, -0.2) is 90.2 Å². The van der Waals surface area contributed by atoms with Crippen molar-refractivity contribution >= 4 is 87.3 Å². The summed E-state index contributed by atoms with van der Waals surface area (Å²) >= 11 is 14.3. The predicted molar refractivity (Wildman–Crippen MR) is 120 cm³/mol. The van der Waals surface area contributed by atoms with Gasteiger partial charge < -0.3 is 9.47 Å². The van der Waals surface area contributed by atoms with Gasteiger partial charge in [-0.05, 0) is 6.42 Å². The lowest BCUT2D eigenvalue weighted by Crippen LogP contribution is -2.42. The summed E-state index contributed by atoms with van der Waals surface area (Å²) in [7, 11) is 0. The first kappa shape index (κ1) is 21.6. The summed E-state index contributed by atoms with van der Waals surface area (Å²) in [6.07, 6.45) is -0.886. The lowest BCUT2D eigenvalue weighted by atomic mass is 9.81. The number of carbonyl (C=O) groups excluding carboxylic acids is 4. The first-order chi connectivity index (χ1) is 14.7. The first-order valence-corrected chi connectivity index (χ1v) is 14.0. The Kier molecular flexibility index (Phi) is 5.10. The van der Waals surface area contributed by atoms with E-state index in [1.54, 1.807) is 0 Å². The SMILES string of the molecule is O=C1C2C3OC(C(Br)C3Br)C2C(=O)N1CCCN1C(=O)C2C3OC(C(Br)C3Br)C2C1=O. The average Bonchev–Trinajstić information content (AvgIpc) is 3.53. The third-order valence-corrected chi connectivity index (χ3v) is 13.4. The quantitative estimate of drug-likeness (QED) is 0.326. The summed E-state index contributed by atoms with van der Waals surface area (Å²) in [5.74, 6) is -2.66. The van der Waals surface area contributed by atoms with Crippen LogP contribution in [0.25, 0.3) is 0 Å². The Bertz CT molecular complexity index is 771. The molecule has 6 heterocycles. The van der Waals surface area contributed by atoms with E-state index in [0.717, 1.165) is 0 Å². The van der Waals surface area contributed by atoms with Crippen LogP contribution in [0, 0.1) is 23.7 Å². The van der Waals surface area contributed by atoms with Crippen LogP contribution in [0.3, 0.4) is 0 Å². The maximum atomic E-state index is 12.9. The van der Waals surface area contributed by atoms with Crippen molar-refractivity contribution in [3.63, 3.8) is 0 Å². The molecule has 6 fully saturated rings. The second-order valence-corrected chi connectivity index (χ2v) is 13.3. The van der Waals surface area contributed by atoms with Crippen molar-refractivity contribution in [2.75, 3.05) is 13.1 Å². The van der Waals surface area contributed by atoms with Crippen LogP contribution in [0.1, 0.15) is 6.42 Å². The smallest absolute Gasteiger partial charge is 0.235 e. The standard InChI is InChI=1S/C19H18Br4N2O6/c20-8-9(21)13-5-4(12(8)30-13)16(26)24(17(5)27)2-1-3-25-18(28)6-7(19(25)29)15-11(23)10(22)14(6)31-15/h4-15H,1-3H2. The van der Waals surface area contributed by atoms with Crippen molar-refractivity contribution in [2.24, 2.45) is 23.7 Å². The van der Waals surface area contributed by atoms with E-state index >= 15 is 0 Å². The van der Waals surface area contributed by atoms with Gasteiger partial charge in [-0.15, -0.1) is 0 Å². The largest absolute Gasteiger partial charge is 0.371 e. The number of hydrogen-bond acceptors (Lipinski definition) is 6. The predicted octanol–water partition coefficient (Wildman–Crippen LogP) is 1.19. The zero-order valence-electron chi connectivity index (χ0n) is 15.9. The highest BCUT2D eigenvalue weighted by atomic mass is 79.9. The third kappa shape index (κ3) is 2.69. The van der Waals surface area contributed by atoms with Crippen LogP contribution >= 0.6 is 63.7 Å². The van der Waals surface area contributed by atoms with E-state index in [2.05, 4.69) is 63.7 Å². The van der Waals surface area contributed by atoms with Crippen LogP contribution in [0.4, 0.5) is 0 Å². The van der Waals surface area contributed by atoms with E-state index in [4.69, 9.17) is 9.47 Å². The van der Waals surface area contributed by atoms with E-state index < -0.39 is 23.7 Å². The van der Waals surface area contributed by atoms with Crippen molar-refractivity contribution in [3.8, 4) is 0 Å². The number of likely N-dealkylation sites (tertiary alicyclic amines) is 2. The Morgan fingerprint density at radius 3 is 1.06 bits per heavy atom. The van der Waals surface area contributed by atoms with Gasteiger partial charge in [0, 0.05) is 13.1 Å². The summed E-state index contributed by atoms with van der Waals surface area (Å²) in [5.41, 5.74) is 0. The summed E-state index contributed by atoms with van der Waals surface area (Å²) in [6.45, 7) is 0.393. The molecule has 12 unspecified atom stereocenters. The van der Waals surface area contributed by atoms with E-state index in [1.807, 2.05) is 0 Å². The monoisotopic (exact) mass is 686 g/mol. The van der Waals surface area contributed by atoms with Crippen LogP contribution in [-0.2, 0) is 28.7 Å². The Morgan fingerprint density at radius 2 is 0.806 bits per heavy atom. The number of halogens is 4. The Labute approximate surface area is 211 Å². The van der Waals surface area contributed by atoms with Crippen molar-refractivity contribution in [2.45, 2.75) is 50.1 Å². The molecule has 12 atom stereocenters. The number of amides is 4. The minimum atomic E-state index is -0.454. The van der Waals surface area contributed by atoms with Gasteiger partial charge in [0.1, 0.15) is 0 Å². The topological polar surface area (TPSA) is 93.2 Å². The normalized spacial score (nSPS) is 52.1. The van der Waals surface area contributed by atoms with Crippen LogP contribution in [0.15, 0.2) is 0 Å². The minimum absolute atomic E-state index is 0.0104. The summed E-state index contributed by atoms with van der Waals surface area (Å²) < 4.78 is 11.7. The number of carbonyl (C=O) groups is 4. The molecular weight excluding hydrogens is 672 g/mol. The van der Waals surface area contributed by atoms with Crippen molar-refractivity contribution in [1.82, 2.24) is 9.80 Å². The van der Waals surface area contributed by atoms with Gasteiger partial charge in [-0.3, -0.25) is 29.0 Å². The lowest BCUT2D eigenvalue weighted by molar-refractivity contribution is -0.142. The van der Waals surface area contributed by atoms with Gasteiger partial charge in [-0.25, -0.2) is 0 Å². The van der Waals surface area contributed by atoms with Gasteiger partial charge in [-0.2, -0.15) is 0 Å². The molecule has 12 heteroatoms. The number of ether oxygens (including phenoxy) is 2. The number of alkyl halides is 4. The molecule has 0 aliphatic carbocycles.